The molecule has 0 bridgehead atoms. The van der Waals surface area contributed by atoms with Crippen LogP contribution in [0.4, 0.5) is 0 Å². The Hall–Kier alpha value is -0.420. The first kappa shape index (κ1) is 14.6. The molecule has 0 aromatic carbocycles. The van der Waals surface area contributed by atoms with Crippen molar-refractivity contribution in [2.45, 2.75) is 25.1 Å². The average molecular weight is 337 g/mol. The summed E-state index contributed by atoms with van der Waals surface area (Å²) in [7, 11) is -2.02. The number of halogens is 1. The van der Waals surface area contributed by atoms with E-state index in [9.17, 15) is 8.42 Å². The van der Waals surface area contributed by atoms with Gasteiger partial charge in [0, 0.05) is 28.3 Å². The maximum Gasteiger partial charge on any atom is 0.230 e. The number of thiophene rings is 1. The molecule has 0 amide bonds. The van der Waals surface area contributed by atoms with E-state index < -0.39 is 15.3 Å². The fourth-order valence-corrected chi connectivity index (χ4v) is 4.22. The Kier molecular flexibility index (Phi) is 5.13. The maximum atomic E-state index is 12.0. The number of hydrogen-bond acceptors (Lipinski definition) is 4. The van der Waals surface area contributed by atoms with Crippen LogP contribution in [0.25, 0.3) is 0 Å². The normalized spacial score (nSPS) is 13.6. The predicted octanol–water partition coefficient (Wildman–Crippen LogP) is 2.57. The summed E-state index contributed by atoms with van der Waals surface area (Å²) in [6.45, 7) is 2.00. The molecule has 0 N–H and O–H groups in total. The highest BCUT2D eigenvalue weighted by molar-refractivity contribution is 9.10. The van der Waals surface area contributed by atoms with E-state index in [1.807, 2.05) is 17.5 Å². The highest BCUT2D eigenvalue weighted by Gasteiger charge is 2.28. The van der Waals surface area contributed by atoms with Crippen molar-refractivity contribution in [2.24, 2.45) is 0 Å². The zero-order valence-corrected chi connectivity index (χ0v) is 12.8. The van der Waals surface area contributed by atoms with E-state index in [0.29, 0.717) is 13.0 Å². The van der Waals surface area contributed by atoms with E-state index in [0.717, 1.165) is 9.35 Å². The van der Waals surface area contributed by atoms with Gasteiger partial charge in [0.15, 0.2) is 5.25 Å². The first-order valence-electron chi connectivity index (χ1n) is 4.99. The van der Waals surface area contributed by atoms with Crippen molar-refractivity contribution in [3.63, 3.8) is 0 Å². The summed E-state index contributed by atoms with van der Waals surface area (Å²) in [6.07, 6.45) is 0.303. The summed E-state index contributed by atoms with van der Waals surface area (Å²) in [5.74, 6) is 0. The van der Waals surface area contributed by atoms with Crippen LogP contribution >= 0.6 is 27.3 Å². The Morgan fingerprint density at radius 2 is 2.29 bits per heavy atom. The lowest BCUT2D eigenvalue weighted by Gasteiger charge is -2.18. The van der Waals surface area contributed by atoms with Crippen molar-refractivity contribution in [3.05, 3.63) is 20.8 Å². The van der Waals surface area contributed by atoms with Gasteiger partial charge in [-0.2, -0.15) is 9.57 Å². The van der Waals surface area contributed by atoms with Gasteiger partial charge in [-0.1, -0.05) is 6.92 Å². The van der Waals surface area contributed by atoms with Gasteiger partial charge in [-0.3, -0.25) is 0 Å². The van der Waals surface area contributed by atoms with Gasteiger partial charge in [0.05, 0.1) is 6.07 Å². The van der Waals surface area contributed by atoms with E-state index in [2.05, 4.69) is 15.9 Å². The standard InChI is InChI=1S/C10H13BrN2O2S2/c1-3-10(5-12)17(14,15)13(2)6-9-4-8(11)7-16-9/h4,7,10H,3,6H2,1-2H3. The number of hydrogen-bond donors (Lipinski definition) is 0. The second kappa shape index (κ2) is 5.96. The second-order valence-corrected chi connectivity index (χ2v) is 7.69. The Morgan fingerprint density at radius 3 is 2.71 bits per heavy atom. The van der Waals surface area contributed by atoms with Crippen LogP contribution < -0.4 is 0 Å². The van der Waals surface area contributed by atoms with Crippen LogP contribution in [0.5, 0.6) is 0 Å². The molecule has 0 aliphatic rings. The third-order valence-electron chi connectivity index (χ3n) is 2.31. The summed E-state index contributed by atoms with van der Waals surface area (Å²) < 4.78 is 26.2. The lowest BCUT2D eigenvalue weighted by atomic mass is 10.4. The summed E-state index contributed by atoms with van der Waals surface area (Å²) in [5.41, 5.74) is 0. The van der Waals surface area contributed by atoms with E-state index in [1.54, 1.807) is 6.92 Å². The fraction of sp³-hybridized carbons (Fsp3) is 0.500. The largest absolute Gasteiger partial charge is 0.230 e. The molecule has 0 radical (unpaired) electrons. The molecule has 1 aromatic heterocycles. The lowest BCUT2D eigenvalue weighted by molar-refractivity contribution is 0.463. The summed E-state index contributed by atoms with van der Waals surface area (Å²) in [6, 6.07) is 3.71. The Bertz CT molecular complexity index is 519. The van der Waals surface area contributed by atoms with E-state index in [-0.39, 0.29) is 0 Å². The Balaban J connectivity index is 2.83. The van der Waals surface area contributed by atoms with Crippen molar-refractivity contribution < 1.29 is 8.42 Å². The zero-order chi connectivity index (χ0) is 13.1. The number of nitrogens with zero attached hydrogens (tertiary/aromatic N) is 2. The molecule has 4 nitrogen and oxygen atoms in total. The molecule has 0 saturated carbocycles. The number of nitriles is 1. The van der Waals surface area contributed by atoms with E-state index in [1.165, 1.54) is 22.7 Å². The van der Waals surface area contributed by atoms with Gasteiger partial charge in [0.2, 0.25) is 10.0 Å². The van der Waals surface area contributed by atoms with Crippen LogP contribution in [-0.2, 0) is 16.6 Å². The van der Waals surface area contributed by atoms with Gasteiger partial charge in [0.1, 0.15) is 0 Å². The van der Waals surface area contributed by atoms with Crippen LogP contribution in [0, 0.1) is 11.3 Å². The first-order valence-corrected chi connectivity index (χ1v) is 8.17. The average Bonchev–Trinajstić information content (AvgIpc) is 2.65. The molecule has 1 rings (SSSR count). The van der Waals surface area contributed by atoms with Crippen molar-refractivity contribution in [1.82, 2.24) is 4.31 Å². The highest BCUT2D eigenvalue weighted by atomic mass is 79.9. The smallest absolute Gasteiger partial charge is 0.211 e. The quantitative estimate of drug-likeness (QED) is 0.830. The minimum absolute atomic E-state index is 0.302. The molecule has 17 heavy (non-hydrogen) atoms. The topological polar surface area (TPSA) is 61.2 Å². The lowest BCUT2D eigenvalue weighted by Crippen LogP contribution is -2.34. The monoisotopic (exact) mass is 336 g/mol. The van der Waals surface area contributed by atoms with E-state index in [4.69, 9.17) is 5.26 Å². The van der Waals surface area contributed by atoms with Crippen LogP contribution in [0.3, 0.4) is 0 Å². The summed E-state index contributed by atoms with van der Waals surface area (Å²) in [4.78, 5) is 0.941. The molecule has 1 unspecified atom stereocenters. The van der Waals surface area contributed by atoms with Gasteiger partial charge < -0.3 is 0 Å². The highest BCUT2D eigenvalue weighted by Crippen LogP contribution is 2.22. The van der Waals surface area contributed by atoms with Crippen LogP contribution in [0.1, 0.15) is 18.2 Å². The third-order valence-corrected chi connectivity index (χ3v) is 6.15. The van der Waals surface area contributed by atoms with Crippen molar-refractivity contribution in [2.75, 3.05) is 7.05 Å². The minimum atomic E-state index is -3.53. The van der Waals surface area contributed by atoms with Gasteiger partial charge >= 0.3 is 0 Å². The molecule has 1 heterocycles. The Morgan fingerprint density at radius 1 is 1.65 bits per heavy atom. The van der Waals surface area contributed by atoms with Gasteiger partial charge in [-0.25, -0.2) is 8.42 Å². The van der Waals surface area contributed by atoms with Crippen molar-refractivity contribution >= 4 is 37.3 Å². The summed E-state index contributed by atoms with van der Waals surface area (Å²) >= 11 is 4.80. The van der Waals surface area contributed by atoms with Crippen LogP contribution in [0.2, 0.25) is 0 Å². The molecular weight excluding hydrogens is 324 g/mol. The van der Waals surface area contributed by atoms with E-state index >= 15 is 0 Å². The second-order valence-electron chi connectivity index (χ2n) is 3.56. The maximum absolute atomic E-state index is 12.0. The molecule has 0 saturated heterocycles. The molecule has 1 aromatic rings. The van der Waals surface area contributed by atoms with Crippen molar-refractivity contribution in [1.29, 1.82) is 5.26 Å². The SMILES string of the molecule is CCC(C#N)S(=O)(=O)N(C)Cc1cc(Br)cs1. The third kappa shape index (κ3) is 3.52. The fourth-order valence-electron chi connectivity index (χ4n) is 1.33. The van der Waals surface area contributed by atoms with Gasteiger partial charge in [0.25, 0.3) is 0 Å². The van der Waals surface area contributed by atoms with Gasteiger partial charge in [-0.05, 0) is 28.4 Å². The van der Waals surface area contributed by atoms with Crippen LogP contribution in [0.15, 0.2) is 15.9 Å². The molecule has 1 atom stereocenters. The minimum Gasteiger partial charge on any atom is -0.211 e. The molecule has 0 aliphatic carbocycles. The molecule has 0 fully saturated rings. The molecule has 0 aliphatic heterocycles. The van der Waals surface area contributed by atoms with Crippen LogP contribution in [-0.4, -0.2) is 25.0 Å². The number of rotatable bonds is 5. The van der Waals surface area contributed by atoms with Gasteiger partial charge in [-0.15, -0.1) is 11.3 Å². The van der Waals surface area contributed by atoms with Crippen molar-refractivity contribution in [3.8, 4) is 6.07 Å². The molecule has 7 heteroatoms. The number of sulfonamides is 1. The zero-order valence-electron chi connectivity index (χ0n) is 9.55. The summed E-state index contributed by atoms with van der Waals surface area (Å²) in [5, 5.41) is 9.76. The Labute approximate surface area is 114 Å². The molecule has 94 valence electrons. The molecule has 0 spiro atoms. The first-order chi connectivity index (χ1) is 7.91. The predicted molar refractivity (Wildman–Crippen MR) is 72.1 cm³/mol. The molecular formula is C10H13BrN2O2S2.